The van der Waals surface area contributed by atoms with E-state index in [0.29, 0.717) is 0 Å². The van der Waals surface area contributed by atoms with Crippen molar-refractivity contribution < 1.29 is 0 Å². The quantitative estimate of drug-likeness (QED) is 0.395. The monoisotopic (exact) mass is 167 g/mol. The van der Waals surface area contributed by atoms with Crippen LogP contribution in [-0.4, -0.2) is 25.0 Å². The summed E-state index contributed by atoms with van der Waals surface area (Å²) in [5.41, 5.74) is 4.94. The summed E-state index contributed by atoms with van der Waals surface area (Å²) in [4.78, 5) is 1.53. The molecular formula is C3H10BrN3. The van der Waals surface area contributed by atoms with E-state index in [4.69, 9.17) is 11.1 Å². The van der Waals surface area contributed by atoms with Crippen LogP contribution in [0.5, 0.6) is 0 Å². The van der Waals surface area contributed by atoms with Crippen molar-refractivity contribution in [3.63, 3.8) is 0 Å². The highest BCUT2D eigenvalue weighted by Gasteiger charge is 1.82. The third-order valence-corrected chi connectivity index (χ3v) is 0.482. The third-order valence-electron chi connectivity index (χ3n) is 0.482. The first kappa shape index (κ1) is 9.89. The van der Waals surface area contributed by atoms with E-state index in [0.717, 1.165) is 0 Å². The van der Waals surface area contributed by atoms with Gasteiger partial charge in [-0.3, -0.25) is 5.41 Å². The van der Waals surface area contributed by atoms with Crippen LogP contribution in [0.3, 0.4) is 0 Å². The minimum Gasteiger partial charge on any atom is -0.370 e. The molecule has 0 atom stereocenters. The molecule has 0 amide bonds. The van der Waals surface area contributed by atoms with Crippen molar-refractivity contribution in [1.29, 1.82) is 5.41 Å². The first-order valence-electron chi connectivity index (χ1n) is 1.66. The van der Waals surface area contributed by atoms with Gasteiger partial charge in [0.05, 0.1) is 0 Å². The maximum absolute atomic E-state index is 6.65. The standard InChI is InChI=1S/C3H9N3.BrH/c1-6(2)3(4)5;/h1-2H3,(H3,4,5);1H. The van der Waals surface area contributed by atoms with E-state index in [1.807, 2.05) is 0 Å². The molecule has 0 aliphatic carbocycles. The van der Waals surface area contributed by atoms with Crippen LogP contribution < -0.4 is 5.73 Å². The topological polar surface area (TPSA) is 53.1 Å². The van der Waals surface area contributed by atoms with Crippen LogP contribution in [0.25, 0.3) is 0 Å². The molecule has 0 aliphatic heterocycles. The van der Waals surface area contributed by atoms with Crippen molar-refractivity contribution >= 4 is 22.9 Å². The Kier molecular flexibility index (Phi) is 5.54. The predicted molar refractivity (Wildman–Crippen MR) is 35.9 cm³/mol. The molecule has 0 unspecified atom stereocenters. The zero-order chi connectivity index (χ0) is 5.15. The summed E-state index contributed by atoms with van der Waals surface area (Å²) in [6, 6.07) is 0. The first-order chi connectivity index (χ1) is 2.64. The van der Waals surface area contributed by atoms with Gasteiger partial charge in [-0.15, -0.1) is 17.0 Å². The van der Waals surface area contributed by atoms with E-state index < -0.39 is 0 Å². The smallest absolute Gasteiger partial charge is 0.187 e. The summed E-state index contributed by atoms with van der Waals surface area (Å²) < 4.78 is 0. The van der Waals surface area contributed by atoms with Crippen molar-refractivity contribution in [2.75, 3.05) is 14.1 Å². The molecule has 0 aromatic heterocycles. The van der Waals surface area contributed by atoms with Gasteiger partial charge in [0, 0.05) is 14.1 Å². The second-order valence-electron chi connectivity index (χ2n) is 1.28. The van der Waals surface area contributed by atoms with Crippen molar-refractivity contribution in [3.8, 4) is 0 Å². The molecule has 0 bridgehead atoms. The third kappa shape index (κ3) is 5.75. The Balaban J connectivity index is 0. The molecule has 0 saturated heterocycles. The van der Waals surface area contributed by atoms with Crippen molar-refractivity contribution in [1.82, 2.24) is 4.90 Å². The molecule has 0 heterocycles. The molecule has 0 radical (unpaired) electrons. The number of hydrogen-bond acceptors (Lipinski definition) is 1. The molecule has 0 saturated carbocycles. The Morgan fingerprint density at radius 3 is 1.71 bits per heavy atom. The molecule has 44 valence electrons. The van der Waals surface area contributed by atoms with Crippen molar-refractivity contribution in [2.24, 2.45) is 5.73 Å². The minimum absolute atomic E-state index is 0. The van der Waals surface area contributed by atoms with Gasteiger partial charge in [0.1, 0.15) is 0 Å². The van der Waals surface area contributed by atoms with E-state index in [-0.39, 0.29) is 22.9 Å². The van der Waals surface area contributed by atoms with Crippen LogP contribution in [0.4, 0.5) is 0 Å². The van der Waals surface area contributed by atoms with Gasteiger partial charge in [0.2, 0.25) is 0 Å². The Morgan fingerprint density at radius 2 is 1.71 bits per heavy atom. The maximum Gasteiger partial charge on any atom is 0.187 e. The Morgan fingerprint density at radius 1 is 1.57 bits per heavy atom. The lowest BCUT2D eigenvalue weighted by molar-refractivity contribution is 0.609. The number of halogens is 1. The molecule has 4 heteroatoms. The van der Waals surface area contributed by atoms with Gasteiger partial charge in [-0.2, -0.15) is 0 Å². The zero-order valence-electron chi connectivity index (χ0n) is 4.43. The fourth-order valence-corrected chi connectivity index (χ4v) is 0. The number of nitrogens with one attached hydrogen (secondary N) is 1. The summed E-state index contributed by atoms with van der Waals surface area (Å²) in [6.45, 7) is 0. The molecule has 0 spiro atoms. The van der Waals surface area contributed by atoms with E-state index in [2.05, 4.69) is 0 Å². The van der Waals surface area contributed by atoms with E-state index in [1.165, 1.54) is 4.90 Å². The van der Waals surface area contributed by atoms with Gasteiger partial charge in [-0.1, -0.05) is 0 Å². The summed E-state index contributed by atoms with van der Waals surface area (Å²) in [5.74, 6) is 0.0926. The largest absolute Gasteiger partial charge is 0.370 e. The highest BCUT2D eigenvalue weighted by atomic mass is 79.9. The Bertz CT molecular complexity index is 61.2. The molecule has 3 N–H and O–H groups in total. The predicted octanol–water partition coefficient (Wildman–Crippen LogP) is 0.0194. The second kappa shape index (κ2) is 3.92. The summed E-state index contributed by atoms with van der Waals surface area (Å²) >= 11 is 0. The van der Waals surface area contributed by atoms with Gasteiger partial charge in [-0.25, -0.2) is 0 Å². The van der Waals surface area contributed by atoms with Gasteiger partial charge in [0.25, 0.3) is 0 Å². The van der Waals surface area contributed by atoms with Gasteiger partial charge >= 0.3 is 0 Å². The zero-order valence-corrected chi connectivity index (χ0v) is 6.15. The Labute approximate surface area is 53.8 Å². The molecule has 0 aliphatic rings. The second-order valence-corrected chi connectivity index (χ2v) is 1.28. The number of nitrogens with two attached hydrogens (primary N) is 1. The fourth-order valence-electron chi connectivity index (χ4n) is 0. The SMILES string of the molecule is Br.CN(C)C(=N)N. The lowest BCUT2D eigenvalue weighted by Gasteiger charge is -2.05. The van der Waals surface area contributed by atoms with Crippen LogP contribution in [0.1, 0.15) is 0 Å². The minimum atomic E-state index is 0. The lowest BCUT2D eigenvalue weighted by Crippen LogP contribution is -2.28. The molecular weight excluding hydrogens is 158 g/mol. The molecule has 0 aromatic carbocycles. The normalized spacial score (nSPS) is 6.57. The van der Waals surface area contributed by atoms with Gasteiger partial charge in [0.15, 0.2) is 5.96 Å². The van der Waals surface area contributed by atoms with E-state index >= 15 is 0 Å². The Hall–Kier alpha value is -0.250. The number of rotatable bonds is 0. The fraction of sp³-hybridized carbons (Fsp3) is 0.667. The average Bonchev–Trinajstić information content (AvgIpc) is 1.36. The van der Waals surface area contributed by atoms with Crippen LogP contribution in [0.15, 0.2) is 0 Å². The van der Waals surface area contributed by atoms with Crippen LogP contribution >= 0.6 is 17.0 Å². The van der Waals surface area contributed by atoms with Gasteiger partial charge in [-0.05, 0) is 0 Å². The average molecular weight is 168 g/mol. The summed E-state index contributed by atoms with van der Waals surface area (Å²) in [5, 5.41) is 6.65. The number of nitrogens with zero attached hydrogens (tertiary/aromatic N) is 1. The van der Waals surface area contributed by atoms with Gasteiger partial charge < -0.3 is 10.6 Å². The van der Waals surface area contributed by atoms with Crippen LogP contribution in [0.2, 0.25) is 0 Å². The number of guanidine groups is 1. The number of hydrogen-bond donors (Lipinski definition) is 2. The maximum atomic E-state index is 6.65. The highest BCUT2D eigenvalue weighted by Crippen LogP contribution is 1.62. The van der Waals surface area contributed by atoms with E-state index in [1.54, 1.807) is 14.1 Å². The van der Waals surface area contributed by atoms with Crippen LogP contribution in [0, 0.1) is 5.41 Å². The summed E-state index contributed by atoms with van der Waals surface area (Å²) in [6.07, 6.45) is 0. The van der Waals surface area contributed by atoms with E-state index in [9.17, 15) is 0 Å². The molecule has 0 aromatic rings. The van der Waals surface area contributed by atoms with Crippen molar-refractivity contribution in [3.05, 3.63) is 0 Å². The highest BCUT2D eigenvalue weighted by molar-refractivity contribution is 8.93. The summed E-state index contributed by atoms with van der Waals surface area (Å²) in [7, 11) is 3.45. The lowest BCUT2D eigenvalue weighted by atomic mass is 10.8. The molecule has 0 fully saturated rings. The van der Waals surface area contributed by atoms with Crippen molar-refractivity contribution in [2.45, 2.75) is 0 Å². The molecule has 0 rings (SSSR count). The first-order valence-corrected chi connectivity index (χ1v) is 1.66. The van der Waals surface area contributed by atoms with Crippen LogP contribution in [-0.2, 0) is 0 Å². The molecule has 7 heavy (non-hydrogen) atoms. The molecule has 3 nitrogen and oxygen atoms in total.